The smallest absolute Gasteiger partial charge is 0.313 e. The molecule has 0 atom stereocenters. The summed E-state index contributed by atoms with van der Waals surface area (Å²) in [6.45, 7) is 4.13. The second kappa shape index (κ2) is 5.75. The highest BCUT2D eigenvalue weighted by atomic mass is 79.9. The van der Waals surface area contributed by atoms with E-state index in [-0.39, 0.29) is 11.0 Å². The second-order valence-electron chi connectivity index (χ2n) is 4.28. The Bertz CT molecular complexity index is 605. The summed E-state index contributed by atoms with van der Waals surface area (Å²) in [7, 11) is 0. The van der Waals surface area contributed by atoms with Gasteiger partial charge in [-0.15, -0.1) is 0 Å². The van der Waals surface area contributed by atoms with Crippen molar-refractivity contribution in [1.29, 1.82) is 0 Å². The standard InChI is InChI=1S/C13H12BrClN2O2/c1-8(2)9-4-3-5-10(14)13(9)19-12-7-6-11(15)17(18)16-12/h3-8H,1-2H3. The van der Waals surface area contributed by atoms with Crippen molar-refractivity contribution in [3.05, 3.63) is 50.7 Å². The van der Waals surface area contributed by atoms with Gasteiger partial charge in [0.05, 0.1) is 9.57 Å². The molecule has 0 aliphatic carbocycles. The number of halogens is 2. The van der Waals surface area contributed by atoms with Crippen molar-refractivity contribution < 1.29 is 9.58 Å². The first-order valence-corrected chi connectivity index (χ1v) is 6.89. The van der Waals surface area contributed by atoms with E-state index in [0.29, 0.717) is 16.5 Å². The van der Waals surface area contributed by atoms with Crippen molar-refractivity contribution in [2.75, 3.05) is 0 Å². The molecule has 0 saturated carbocycles. The number of rotatable bonds is 3. The normalized spacial score (nSPS) is 10.8. The fraction of sp³-hybridized carbons (Fsp3) is 0.231. The maximum Gasteiger partial charge on any atom is 0.313 e. The zero-order valence-corrected chi connectivity index (χ0v) is 12.8. The largest absolute Gasteiger partial charge is 0.593 e. The van der Waals surface area contributed by atoms with Crippen LogP contribution in [0, 0.1) is 5.21 Å². The predicted octanol–water partition coefficient (Wildman–Crippen LogP) is 4.05. The Balaban J connectivity index is 2.40. The average Bonchev–Trinajstić information content (AvgIpc) is 2.36. The molecule has 0 N–H and O–H groups in total. The summed E-state index contributed by atoms with van der Waals surface area (Å²) in [5, 5.41) is 15.0. The summed E-state index contributed by atoms with van der Waals surface area (Å²) in [6, 6.07) is 8.80. The molecule has 1 aromatic heterocycles. The average molecular weight is 344 g/mol. The molecule has 0 unspecified atom stereocenters. The number of para-hydroxylation sites is 1. The predicted molar refractivity (Wildman–Crippen MR) is 76.5 cm³/mol. The van der Waals surface area contributed by atoms with Crippen LogP contribution in [0.15, 0.2) is 34.8 Å². The van der Waals surface area contributed by atoms with Gasteiger partial charge in [0.25, 0.3) is 5.88 Å². The molecule has 2 rings (SSSR count). The molecule has 4 nitrogen and oxygen atoms in total. The van der Waals surface area contributed by atoms with E-state index in [1.165, 1.54) is 6.07 Å². The highest BCUT2D eigenvalue weighted by Crippen LogP contribution is 2.36. The van der Waals surface area contributed by atoms with E-state index in [0.717, 1.165) is 10.0 Å². The monoisotopic (exact) mass is 342 g/mol. The number of aromatic nitrogens is 2. The van der Waals surface area contributed by atoms with E-state index in [1.54, 1.807) is 6.07 Å². The highest BCUT2D eigenvalue weighted by Gasteiger charge is 2.15. The molecular formula is C13H12BrClN2O2. The van der Waals surface area contributed by atoms with Crippen LogP contribution in [0.25, 0.3) is 0 Å². The van der Waals surface area contributed by atoms with Crippen LogP contribution in [-0.4, -0.2) is 5.10 Å². The summed E-state index contributed by atoms with van der Waals surface area (Å²) in [6.07, 6.45) is 0. The zero-order chi connectivity index (χ0) is 14.0. The lowest BCUT2D eigenvalue weighted by Gasteiger charge is -2.14. The number of nitrogens with zero attached hydrogens (tertiary/aromatic N) is 2. The molecule has 0 aliphatic heterocycles. The maximum atomic E-state index is 11.3. The molecular weight excluding hydrogens is 332 g/mol. The van der Waals surface area contributed by atoms with Crippen molar-refractivity contribution in [2.24, 2.45) is 0 Å². The molecule has 0 aliphatic rings. The van der Waals surface area contributed by atoms with E-state index < -0.39 is 0 Å². The molecule has 100 valence electrons. The summed E-state index contributed by atoms with van der Waals surface area (Å²) in [5.41, 5.74) is 1.03. The van der Waals surface area contributed by atoms with E-state index in [9.17, 15) is 5.21 Å². The zero-order valence-electron chi connectivity index (χ0n) is 10.4. The minimum Gasteiger partial charge on any atom is -0.593 e. The molecule has 0 saturated heterocycles. The SMILES string of the molecule is CC(C)c1cccc(Br)c1Oc1ccc(Cl)[n+]([O-])n1. The maximum absolute atomic E-state index is 11.3. The second-order valence-corrected chi connectivity index (χ2v) is 5.52. The lowest BCUT2D eigenvalue weighted by molar-refractivity contribution is -0.667. The van der Waals surface area contributed by atoms with Crippen molar-refractivity contribution in [3.8, 4) is 11.6 Å². The third-order valence-corrected chi connectivity index (χ3v) is 3.46. The van der Waals surface area contributed by atoms with Crippen LogP contribution < -0.4 is 9.58 Å². The lowest BCUT2D eigenvalue weighted by Crippen LogP contribution is -2.32. The molecule has 0 radical (unpaired) electrons. The van der Waals surface area contributed by atoms with Gasteiger partial charge in [-0.05, 0) is 49.9 Å². The third kappa shape index (κ3) is 3.16. The van der Waals surface area contributed by atoms with E-state index >= 15 is 0 Å². The van der Waals surface area contributed by atoms with E-state index in [1.807, 2.05) is 18.2 Å². The van der Waals surface area contributed by atoms with Gasteiger partial charge in [0.15, 0.2) is 0 Å². The van der Waals surface area contributed by atoms with Crippen LogP contribution in [0.1, 0.15) is 25.3 Å². The van der Waals surface area contributed by atoms with E-state index in [2.05, 4.69) is 34.9 Å². The summed E-state index contributed by atoms with van der Waals surface area (Å²) < 4.78 is 6.51. The quantitative estimate of drug-likeness (QED) is 0.624. The molecule has 0 fully saturated rings. The van der Waals surface area contributed by atoms with Gasteiger partial charge in [-0.3, -0.25) is 0 Å². The number of hydrogen-bond donors (Lipinski definition) is 0. The number of ether oxygens (including phenoxy) is 1. The molecule has 1 heterocycles. The minimum atomic E-state index is 0.00330. The van der Waals surface area contributed by atoms with Gasteiger partial charge in [0, 0.05) is 12.1 Å². The van der Waals surface area contributed by atoms with Crippen molar-refractivity contribution in [3.63, 3.8) is 0 Å². The van der Waals surface area contributed by atoms with Crippen molar-refractivity contribution >= 4 is 27.5 Å². The first-order chi connectivity index (χ1) is 8.99. The number of benzene rings is 1. The highest BCUT2D eigenvalue weighted by molar-refractivity contribution is 9.10. The Morgan fingerprint density at radius 3 is 2.68 bits per heavy atom. The molecule has 1 aromatic carbocycles. The first-order valence-electron chi connectivity index (χ1n) is 5.71. The Hall–Kier alpha value is -1.33. The molecule has 6 heteroatoms. The van der Waals surface area contributed by atoms with Crippen LogP contribution in [0.3, 0.4) is 0 Å². The molecule has 0 bridgehead atoms. The van der Waals surface area contributed by atoms with Gasteiger partial charge in [-0.25, -0.2) is 0 Å². The fourth-order valence-electron chi connectivity index (χ4n) is 1.62. The lowest BCUT2D eigenvalue weighted by atomic mass is 10.0. The van der Waals surface area contributed by atoms with Gasteiger partial charge in [0.2, 0.25) is 0 Å². The summed E-state index contributed by atoms with van der Waals surface area (Å²) in [4.78, 5) is 0.322. The molecule has 0 amide bonds. The van der Waals surface area contributed by atoms with Crippen LogP contribution in [0.4, 0.5) is 0 Å². The first kappa shape index (κ1) is 14.1. The van der Waals surface area contributed by atoms with Crippen LogP contribution in [-0.2, 0) is 0 Å². The molecule has 19 heavy (non-hydrogen) atoms. The Morgan fingerprint density at radius 2 is 2.05 bits per heavy atom. The molecule has 0 spiro atoms. The molecule has 2 aromatic rings. The Kier molecular flexibility index (Phi) is 4.27. The van der Waals surface area contributed by atoms with Crippen molar-refractivity contribution in [2.45, 2.75) is 19.8 Å². The van der Waals surface area contributed by atoms with Gasteiger partial charge in [-0.1, -0.05) is 26.0 Å². The van der Waals surface area contributed by atoms with Gasteiger partial charge < -0.3 is 9.94 Å². The van der Waals surface area contributed by atoms with Gasteiger partial charge >= 0.3 is 5.15 Å². The summed E-state index contributed by atoms with van der Waals surface area (Å²) >= 11 is 9.06. The van der Waals surface area contributed by atoms with Crippen LogP contribution in [0.5, 0.6) is 11.6 Å². The van der Waals surface area contributed by atoms with E-state index in [4.69, 9.17) is 16.3 Å². The Morgan fingerprint density at radius 1 is 1.32 bits per heavy atom. The Labute approximate surface area is 124 Å². The number of hydrogen-bond acceptors (Lipinski definition) is 3. The topological polar surface area (TPSA) is 49.1 Å². The fourth-order valence-corrected chi connectivity index (χ4v) is 2.18. The van der Waals surface area contributed by atoms with Gasteiger partial charge in [0.1, 0.15) is 5.75 Å². The van der Waals surface area contributed by atoms with Crippen LogP contribution in [0.2, 0.25) is 5.15 Å². The summed E-state index contributed by atoms with van der Waals surface area (Å²) in [5.74, 6) is 1.15. The minimum absolute atomic E-state index is 0.00330. The third-order valence-electron chi connectivity index (χ3n) is 2.56. The van der Waals surface area contributed by atoms with Crippen molar-refractivity contribution in [1.82, 2.24) is 5.10 Å². The van der Waals surface area contributed by atoms with Crippen LogP contribution >= 0.6 is 27.5 Å². The van der Waals surface area contributed by atoms with Gasteiger partial charge in [-0.2, -0.15) is 0 Å².